The zero-order valence-electron chi connectivity index (χ0n) is 7.04. The summed E-state index contributed by atoms with van der Waals surface area (Å²) in [5, 5.41) is 8.50. The van der Waals surface area contributed by atoms with Gasteiger partial charge in [-0.05, 0) is 0 Å². The molecule has 1 aromatic rings. The second-order valence-electron chi connectivity index (χ2n) is 3.34. The van der Waals surface area contributed by atoms with Gasteiger partial charge in [-0.15, -0.1) is 0 Å². The molecule has 1 aromatic heterocycles. The number of rotatable bonds is 2. The first-order chi connectivity index (χ1) is 6.48. The lowest BCUT2D eigenvalue weighted by molar-refractivity contribution is -0.0917. The summed E-state index contributed by atoms with van der Waals surface area (Å²) in [6, 6.07) is 0. The third-order valence-corrected chi connectivity index (χ3v) is 2.18. The van der Waals surface area contributed by atoms with Crippen molar-refractivity contribution >= 4 is 5.97 Å². The van der Waals surface area contributed by atoms with Gasteiger partial charge < -0.3 is 9.52 Å². The van der Waals surface area contributed by atoms with Crippen LogP contribution in [0.2, 0.25) is 0 Å². The van der Waals surface area contributed by atoms with E-state index in [2.05, 4.69) is 4.98 Å². The number of nitrogens with zero attached hydrogens (tertiary/aromatic N) is 1. The Hall–Kier alpha value is -1.46. The van der Waals surface area contributed by atoms with Crippen molar-refractivity contribution in [1.29, 1.82) is 0 Å². The molecule has 6 heteroatoms. The Labute approximate surface area is 77.6 Å². The van der Waals surface area contributed by atoms with Crippen molar-refractivity contribution in [2.45, 2.75) is 24.7 Å². The van der Waals surface area contributed by atoms with Crippen LogP contribution in [0, 0.1) is 0 Å². The predicted molar refractivity (Wildman–Crippen MR) is 40.4 cm³/mol. The summed E-state index contributed by atoms with van der Waals surface area (Å²) >= 11 is 0. The van der Waals surface area contributed by atoms with Crippen LogP contribution in [-0.4, -0.2) is 22.0 Å². The second kappa shape index (κ2) is 2.76. The number of carbonyl (C=O) groups is 1. The fourth-order valence-electron chi connectivity index (χ4n) is 1.41. The Morgan fingerprint density at radius 3 is 2.71 bits per heavy atom. The average Bonchev–Trinajstić information content (AvgIpc) is 2.47. The molecule has 0 spiro atoms. The van der Waals surface area contributed by atoms with Gasteiger partial charge in [0.2, 0.25) is 5.92 Å². The first kappa shape index (κ1) is 9.11. The summed E-state index contributed by atoms with van der Waals surface area (Å²) in [7, 11) is 0. The van der Waals surface area contributed by atoms with Gasteiger partial charge in [0.15, 0.2) is 11.6 Å². The number of carboxylic acid groups (broad SMARTS) is 1. The summed E-state index contributed by atoms with van der Waals surface area (Å²) in [6.07, 6.45) is 0.341. The highest BCUT2D eigenvalue weighted by Gasteiger charge is 2.48. The summed E-state index contributed by atoms with van der Waals surface area (Å²) < 4.78 is 29.7. The lowest BCUT2D eigenvalue weighted by atomic mass is 9.81. The normalized spacial score (nSPS) is 20.4. The number of hydrogen-bond acceptors (Lipinski definition) is 3. The molecule has 0 atom stereocenters. The van der Waals surface area contributed by atoms with Crippen molar-refractivity contribution in [1.82, 2.24) is 4.98 Å². The average molecular weight is 203 g/mol. The molecule has 4 nitrogen and oxygen atoms in total. The highest BCUT2D eigenvalue weighted by molar-refractivity contribution is 5.84. The second-order valence-corrected chi connectivity index (χ2v) is 3.34. The quantitative estimate of drug-likeness (QED) is 0.797. The third kappa shape index (κ3) is 1.47. The number of aromatic nitrogens is 1. The smallest absolute Gasteiger partial charge is 0.357 e. The molecular weight excluding hydrogens is 196 g/mol. The van der Waals surface area contributed by atoms with Crippen molar-refractivity contribution in [3.63, 3.8) is 0 Å². The van der Waals surface area contributed by atoms with Crippen LogP contribution in [0.25, 0.3) is 0 Å². The number of alkyl halides is 2. The van der Waals surface area contributed by atoms with Gasteiger partial charge in [0.05, 0.1) is 0 Å². The van der Waals surface area contributed by atoms with Crippen LogP contribution in [0.15, 0.2) is 10.7 Å². The van der Waals surface area contributed by atoms with Gasteiger partial charge >= 0.3 is 5.97 Å². The lowest BCUT2D eigenvalue weighted by Crippen LogP contribution is -2.33. The molecule has 1 fully saturated rings. The van der Waals surface area contributed by atoms with Gasteiger partial charge in [-0.2, -0.15) is 0 Å². The summed E-state index contributed by atoms with van der Waals surface area (Å²) in [5.74, 6) is -4.22. The minimum absolute atomic E-state index is 0.0910. The van der Waals surface area contributed by atoms with Gasteiger partial charge in [-0.1, -0.05) is 0 Å². The minimum Gasteiger partial charge on any atom is -0.476 e. The van der Waals surface area contributed by atoms with Crippen molar-refractivity contribution in [3.05, 3.63) is 17.8 Å². The number of hydrogen-bond donors (Lipinski definition) is 1. The molecule has 1 N–H and O–H groups in total. The third-order valence-electron chi connectivity index (χ3n) is 2.18. The van der Waals surface area contributed by atoms with Crippen LogP contribution < -0.4 is 0 Å². The summed E-state index contributed by atoms with van der Waals surface area (Å²) in [6.45, 7) is 0. The van der Waals surface area contributed by atoms with E-state index in [1.54, 1.807) is 0 Å². The van der Waals surface area contributed by atoms with Crippen LogP contribution >= 0.6 is 0 Å². The summed E-state index contributed by atoms with van der Waals surface area (Å²) in [4.78, 5) is 14.0. The zero-order valence-corrected chi connectivity index (χ0v) is 7.04. The molecule has 0 aliphatic heterocycles. The minimum atomic E-state index is -2.65. The standard InChI is InChI=1S/C8H7F2NO3/c9-8(10)1-4(2-8)6-11-5(3-14-6)7(12)13/h3-4H,1-2H2,(H,12,13). The summed E-state index contributed by atoms with van der Waals surface area (Å²) in [5.41, 5.74) is -0.241. The van der Waals surface area contributed by atoms with Crippen LogP contribution in [0.5, 0.6) is 0 Å². The Kier molecular flexibility index (Phi) is 1.80. The Balaban J connectivity index is 2.08. The maximum absolute atomic E-state index is 12.5. The molecule has 0 saturated heterocycles. The van der Waals surface area contributed by atoms with Crippen LogP contribution in [-0.2, 0) is 0 Å². The molecule has 1 saturated carbocycles. The van der Waals surface area contributed by atoms with E-state index in [9.17, 15) is 13.6 Å². The molecule has 14 heavy (non-hydrogen) atoms. The fraction of sp³-hybridized carbons (Fsp3) is 0.500. The molecule has 0 radical (unpaired) electrons. The number of aromatic carboxylic acids is 1. The van der Waals surface area contributed by atoms with E-state index in [1.807, 2.05) is 0 Å². The largest absolute Gasteiger partial charge is 0.476 e. The molecule has 1 heterocycles. The van der Waals surface area contributed by atoms with Crippen molar-refractivity contribution < 1.29 is 23.1 Å². The van der Waals surface area contributed by atoms with E-state index in [0.29, 0.717) is 0 Å². The Bertz CT molecular complexity index is 366. The molecule has 0 bridgehead atoms. The molecule has 1 aliphatic rings. The van der Waals surface area contributed by atoms with Gasteiger partial charge in [0.25, 0.3) is 0 Å². The zero-order chi connectivity index (χ0) is 10.3. The van der Waals surface area contributed by atoms with E-state index in [4.69, 9.17) is 9.52 Å². The van der Waals surface area contributed by atoms with E-state index in [1.165, 1.54) is 0 Å². The number of halogens is 2. The van der Waals surface area contributed by atoms with Crippen LogP contribution in [0.1, 0.15) is 35.1 Å². The Morgan fingerprint density at radius 1 is 1.64 bits per heavy atom. The molecular formula is C8H7F2NO3. The van der Waals surface area contributed by atoms with E-state index in [-0.39, 0.29) is 24.4 Å². The van der Waals surface area contributed by atoms with Gasteiger partial charge in [-0.25, -0.2) is 18.6 Å². The monoisotopic (exact) mass is 203 g/mol. The topological polar surface area (TPSA) is 63.3 Å². The van der Waals surface area contributed by atoms with E-state index >= 15 is 0 Å². The molecule has 76 valence electrons. The highest BCUT2D eigenvalue weighted by Crippen LogP contribution is 2.47. The SMILES string of the molecule is O=C(O)c1coc(C2CC(F)(F)C2)n1. The maximum Gasteiger partial charge on any atom is 0.357 e. The predicted octanol–water partition coefficient (Wildman–Crippen LogP) is 1.89. The van der Waals surface area contributed by atoms with E-state index in [0.717, 1.165) is 6.26 Å². The number of oxazole rings is 1. The molecule has 2 rings (SSSR count). The lowest BCUT2D eigenvalue weighted by Gasteiger charge is -2.32. The van der Waals surface area contributed by atoms with Crippen molar-refractivity contribution in [3.8, 4) is 0 Å². The molecule has 0 aromatic carbocycles. The fourth-order valence-corrected chi connectivity index (χ4v) is 1.41. The van der Waals surface area contributed by atoms with Crippen LogP contribution in [0.3, 0.4) is 0 Å². The van der Waals surface area contributed by atoms with Gasteiger partial charge in [0.1, 0.15) is 6.26 Å². The van der Waals surface area contributed by atoms with E-state index < -0.39 is 17.8 Å². The van der Waals surface area contributed by atoms with Crippen molar-refractivity contribution in [2.24, 2.45) is 0 Å². The molecule has 0 unspecified atom stereocenters. The van der Waals surface area contributed by atoms with Crippen LogP contribution in [0.4, 0.5) is 8.78 Å². The van der Waals surface area contributed by atoms with Crippen molar-refractivity contribution in [2.75, 3.05) is 0 Å². The Morgan fingerprint density at radius 2 is 2.29 bits per heavy atom. The first-order valence-corrected chi connectivity index (χ1v) is 4.04. The number of carboxylic acids is 1. The maximum atomic E-state index is 12.5. The van der Waals surface area contributed by atoms with Gasteiger partial charge in [-0.3, -0.25) is 0 Å². The molecule has 1 aliphatic carbocycles. The first-order valence-electron chi connectivity index (χ1n) is 4.04. The highest BCUT2D eigenvalue weighted by atomic mass is 19.3. The van der Waals surface area contributed by atoms with Gasteiger partial charge in [0, 0.05) is 18.8 Å². The molecule has 0 amide bonds.